The Morgan fingerprint density at radius 2 is 2.04 bits per heavy atom. The maximum atomic E-state index is 12.2. The van der Waals surface area contributed by atoms with Crippen LogP contribution in [0.2, 0.25) is 0 Å². The molecule has 134 valence electrons. The van der Waals surface area contributed by atoms with Crippen LogP contribution in [-0.2, 0) is 4.74 Å². The zero-order valence-electron chi connectivity index (χ0n) is 14.2. The Bertz CT molecular complexity index is 546. The highest BCUT2D eigenvalue weighted by Crippen LogP contribution is 2.16. The second-order valence-corrected chi connectivity index (χ2v) is 6.18. The predicted molar refractivity (Wildman–Crippen MR) is 86.5 cm³/mol. The fourth-order valence-electron chi connectivity index (χ4n) is 2.86. The van der Waals surface area contributed by atoms with Gasteiger partial charge in [0.05, 0.1) is 12.2 Å². The van der Waals surface area contributed by atoms with Gasteiger partial charge in [-0.2, -0.15) is 8.78 Å². The first-order valence-electron chi connectivity index (χ1n) is 8.07. The van der Waals surface area contributed by atoms with Gasteiger partial charge in [0.25, 0.3) is 5.91 Å². The number of carbonyl (C=O) groups is 1. The Morgan fingerprint density at radius 1 is 1.38 bits per heavy atom. The van der Waals surface area contributed by atoms with Gasteiger partial charge in [-0.3, -0.25) is 9.69 Å². The van der Waals surface area contributed by atoms with Crippen molar-refractivity contribution >= 4 is 5.91 Å². The van der Waals surface area contributed by atoms with Gasteiger partial charge in [0.15, 0.2) is 0 Å². The summed E-state index contributed by atoms with van der Waals surface area (Å²) in [5.41, 5.74) is 0.295. The van der Waals surface area contributed by atoms with Crippen molar-refractivity contribution in [2.75, 3.05) is 19.6 Å². The van der Waals surface area contributed by atoms with Gasteiger partial charge < -0.3 is 14.8 Å². The standard InChI is InChI=1S/C17H24F2N2O3/c1-11(21-9-12(2)23-13(3)10-21)8-20-16(22)14-5-4-6-15(7-14)24-17(18)19/h4-7,11-13,17H,8-10H2,1-3H3,(H,20,22)/t11-,12-,13+/m0/s1. The van der Waals surface area contributed by atoms with Crippen molar-refractivity contribution < 1.29 is 23.0 Å². The van der Waals surface area contributed by atoms with E-state index in [0.29, 0.717) is 12.1 Å². The second-order valence-electron chi connectivity index (χ2n) is 6.18. The third-order valence-electron chi connectivity index (χ3n) is 3.95. The molecule has 0 aromatic heterocycles. The Labute approximate surface area is 140 Å². The summed E-state index contributed by atoms with van der Waals surface area (Å²) in [6, 6.07) is 5.94. The molecule has 24 heavy (non-hydrogen) atoms. The number of rotatable bonds is 6. The summed E-state index contributed by atoms with van der Waals surface area (Å²) in [5.74, 6) is -0.336. The normalized spacial score (nSPS) is 23.1. The van der Waals surface area contributed by atoms with Crippen molar-refractivity contribution in [3.63, 3.8) is 0 Å². The minimum absolute atomic E-state index is 0.0264. The van der Waals surface area contributed by atoms with E-state index in [2.05, 4.69) is 15.0 Å². The summed E-state index contributed by atoms with van der Waals surface area (Å²) in [5, 5.41) is 2.84. The molecule has 2 rings (SSSR count). The Balaban J connectivity index is 1.88. The van der Waals surface area contributed by atoms with E-state index in [0.717, 1.165) is 13.1 Å². The molecule has 1 aliphatic rings. The molecule has 1 saturated heterocycles. The zero-order valence-corrected chi connectivity index (χ0v) is 14.2. The Hall–Kier alpha value is -1.73. The molecule has 0 unspecified atom stereocenters. The maximum Gasteiger partial charge on any atom is 0.387 e. The van der Waals surface area contributed by atoms with Gasteiger partial charge in [0.1, 0.15) is 5.75 Å². The van der Waals surface area contributed by atoms with Crippen LogP contribution in [0.25, 0.3) is 0 Å². The van der Waals surface area contributed by atoms with Crippen molar-refractivity contribution in [1.82, 2.24) is 10.2 Å². The molecular weight excluding hydrogens is 318 g/mol. The quantitative estimate of drug-likeness (QED) is 0.863. The SMILES string of the molecule is C[C@@H]1CN([C@@H](C)CNC(=O)c2cccc(OC(F)F)c2)C[C@H](C)O1. The lowest BCUT2D eigenvalue weighted by molar-refractivity contribution is -0.0778. The summed E-state index contributed by atoms with van der Waals surface area (Å²) < 4.78 is 34.5. The molecule has 0 aliphatic carbocycles. The average molecular weight is 342 g/mol. The molecule has 1 heterocycles. The van der Waals surface area contributed by atoms with E-state index in [1.807, 2.05) is 20.8 Å². The average Bonchev–Trinajstić information content (AvgIpc) is 2.51. The lowest BCUT2D eigenvalue weighted by Gasteiger charge is -2.39. The molecule has 1 amide bonds. The number of halogens is 2. The Morgan fingerprint density at radius 3 is 2.67 bits per heavy atom. The van der Waals surface area contributed by atoms with Crippen LogP contribution in [0.3, 0.4) is 0 Å². The molecule has 1 aromatic carbocycles. The number of alkyl halides is 2. The summed E-state index contributed by atoms with van der Waals surface area (Å²) in [4.78, 5) is 14.5. The van der Waals surface area contributed by atoms with E-state index in [4.69, 9.17) is 4.74 Å². The van der Waals surface area contributed by atoms with E-state index < -0.39 is 6.61 Å². The summed E-state index contributed by atoms with van der Waals surface area (Å²) in [6.07, 6.45) is 0.324. The van der Waals surface area contributed by atoms with Gasteiger partial charge in [-0.15, -0.1) is 0 Å². The van der Waals surface area contributed by atoms with Crippen LogP contribution in [0.5, 0.6) is 5.75 Å². The fourth-order valence-corrected chi connectivity index (χ4v) is 2.86. The summed E-state index contributed by atoms with van der Waals surface area (Å²) in [7, 11) is 0. The molecule has 0 radical (unpaired) electrons. The van der Waals surface area contributed by atoms with Crippen LogP contribution in [0.4, 0.5) is 8.78 Å². The number of ether oxygens (including phenoxy) is 2. The molecule has 5 nitrogen and oxygen atoms in total. The minimum atomic E-state index is -2.91. The number of benzene rings is 1. The summed E-state index contributed by atoms with van der Waals surface area (Å²) in [6.45, 7) is 5.30. The van der Waals surface area contributed by atoms with Crippen molar-refractivity contribution in [3.8, 4) is 5.75 Å². The largest absolute Gasteiger partial charge is 0.435 e. The predicted octanol–water partition coefficient (Wildman–Crippen LogP) is 2.52. The molecule has 1 N–H and O–H groups in total. The van der Waals surface area contributed by atoms with E-state index in [9.17, 15) is 13.6 Å². The number of nitrogens with one attached hydrogen (secondary N) is 1. The molecule has 3 atom stereocenters. The van der Waals surface area contributed by atoms with Crippen molar-refractivity contribution in [3.05, 3.63) is 29.8 Å². The molecule has 1 aromatic rings. The summed E-state index contributed by atoms with van der Waals surface area (Å²) >= 11 is 0. The fraction of sp³-hybridized carbons (Fsp3) is 0.588. The van der Waals surface area contributed by atoms with Gasteiger partial charge in [-0.1, -0.05) is 6.07 Å². The second kappa shape index (κ2) is 8.39. The maximum absolute atomic E-state index is 12.2. The molecular formula is C17H24F2N2O3. The molecule has 0 saturated carbocycles. The smallest absolute Gasteiger partial charge is 0.387 e. The topological polar surface area (TPSA) is 50.8 Å². The van der Waals surface area contributed by atoms with E-state index in [-0.39, 0.29) is 29.9 Å². The van der Waals surface area contributed by atoms with E-state index in [1.54, 1.807) is 6.07 Å². The lowest BCUT2D eigenvalue weighted by atomic mass is 10.1. The molecule has 1 fully saturated rings. The highest BCUT2D eigenvalue weighted by Gasteiger charge is 2.25. The third-order valence-corrected chi connectivity index (χ3v) is 3.95. The van der Waals surface area contributed by atoms with Crippen LogP contribution in [-0.4, -0.2) is 55.3 Å². The molecule has 1 aliphatic heterocycles. The molecule has 0 bridgehead atoms. The Kier molecular flexibility index (Phi) is 6.51. The van der Waals surface area contributed by atoms with Crippen LogP contribution < -0.4 is 10.1 Å². The van der Waals surface area contributed by atoms with E-state index in [1.165, 1.54) is 18.2 Å². The number of carbonyl (C=O) groups excluding carboxylic acids is 1. The van der Waals surface area contributed by atoms with Crippen molar-refractivity contribution in [1.29, 1.82) is 0 Å². The first-order valence-corrected chi connectivity index (χ1v) is 8.07. The zero-order chi connectivity index (χ0) is 17.7. The number of morpholine rings is 1. The van der Waals surface area contributed by atoms with E-state index >= 15 is 0 Å². The van der Waals surface area contributed by atoms with Gasteiger partial charge in [-0.05, 0) is 39.0 Å². The highest BCUT2D eigenvalue weighted by atomic mass is 19.3. The molecule has 0 spiro atoms. The number of hydrogen-bond acceptors (Lipinski definition) is 4. The first kappa shape index (κ1) is 18.6. The number of hydrogen-bond donors (Lipinski definition) is 1. The minimum Gasteiger partial charge on any atom is -0.435 e. The van der Waals surface area contributed by atoms with Crippen LogP contribution in [0.15, 0.2) is 24.3 Å². The number of nitrogens with zero attached hydrogens (tertiary/aromatic N) is 1. The lowest BCUT2D eigenvalue weighted by Crippen LogP contribution is -2.52. The van der Waals surface area contributed by atoms with Crippen LogP contribution >= 0.6 is 0 Å². The van der Waals surface area contributed by atoms with Gasteiger partial charge >= 0.3 is 6.61 Å². The van der Waals surface area contributed by atoms with Crippen LogP contribution in [0, 0.1) is 0 Å². The monoisotopic (exact) mass is 342 g/mol. The van der Waals surface area contributed by atoms with Crippen LogP contribution in [0.1, 0.15) is 31.1 Å². The van der Waals surface area contributed by atoms with Gasteiger partial charge in [-0.25, -0.2) is 0 Å². The first-order chi connectivity index (χ1) is 11.3. The third kappa shape index (κ3) is 5.42. The van der Waals surface area contributed by atoms with Gasteiger partial charge in [0.2, 0.25) is 0 Å². The number of amides is 1. The molecule has 7 heteroatoms. The highest BCUT2D eigenvalue weighted by molar-refractivity contribution is 5.94. The van der Waals surface area contributed by atoms with Gasteiger partial charge in [0, 0.05) is 31.2 Å². The van der Waals surface area contributed by atoms with Crippen molar-refractivity contribution in [2.24, 2.45) is 0 Å². The van der Waals surface area contributed by atoms with Crippen molar-refractivity contribution in [2.45, 2.75) is 45.6 Å².